The number of halogens is 24. The van der Waals surface area contributed by atoms with Crippen LogP contribution in [0.25, 0.3) is 0 Å². The van der Waals surface area contributed by atoms with Crippen molar-refractivity contribution in [1.29, 1.82) is 0 Å². The Bertz CT molecular complexity index is 1060. The fraction of sp³-hybridized carbons (Fsp3) is 0.700. The Labute approximate surface area is 248 Å². The van der Waals surface area contributed by atoms with Crippen molar-refractivity contribution in [2.24, 2.45) is 0 Å². The molecular weight excluding hydrogens is 760 g/mol. The quantitative estimate of drug-likeness (QED) is 0.0901. The molecule has 0 aliphatic rings. The third kappa shape index (κ3) is 7.96. The van der Waals surface area contributed by atoms with Gasteiger partial charge in [-0.2, -0.15) is 87.8 Å². The first-order chi connectivity index (χ1) is 20.8. The number of carbonyl (C=O) groups is 2. The summed E-state index contributed by atoms with van der Waals surface area (Å²) in [7, 11) is 0. The molecule has 4 nitrogen and oxygen atoms in total. The van der Waals surface area contributed by atoms with Gasteiger partial charge in [0.25, 0.3) is 0 Å². The van der Waals surface area contributed by atoms with Gasteiger partial charge in [-0.25, -0.2) is 27.2 Å². The van der Waals surface area contributed by atoms with E-state index in [4.69, 9.17) is 0 Å². The second-order valence-corrected chi connectivity index (χ2v) is 8.33. The summed E-state index contributed by atoms with van der Waals surface area (Å²) in [5, 5.41) is 0. The van der Waals surface area contributed by atoms with Gasteiger partial charge in [-0.1, -0.05) is 13.2 Å². The fourth-order valence-corrected chi connectivity index (χ4v) is 2.17. The topological polar surface area (TPSA) is 52.6 Å². The molecule has 0 amide bonds. The van der Waals surface area contributed by atoms with Gasteiger partial charge >= 0.3 is 84.0 Å². The number of esters is 2. The van der Waals surface area contributed by atoms with E-state index in [1.165, 1.54) is 0 Å². The van der Waals surface area contributed by atoms with E-state index >= 15 is 0 Å². The maximum atomic E-state index is 13.0. The molecule has 0 N–H and O–H groups in total. The molecule has 0 rings (SSSR count). The molecular formula is C20H12F24O4. The molecule has 284 valence electrons. The van der Waals surface area contributed by atoms with Crippen LogP contribution >= 0.6 is 0 Å². The van der Waals surface area contributed by atoms with Crippen LogP contribution in [0, 0.1) is 0 Å². The van der Waals surface area contributed by atoms with E-state index in [1.807, 2.05) is 0 Å². The van der Waals surface area contributed by atoms with E-state index in [2.05, 4.69) is 22.6 Å². The van der Waals surface area contributed by atoms with Crippen LogP contribution in [0.5, 0.6) is 0 Å². The van der Waals surface area contributed by atoms with E-state index in [9.17, 15) is 115 Å². The lowest BCUT2D eigenvalue weighted by Gasteiger charge is -2.38. The summed E-state index contributed by atoms with van der Waals surface area (Å²) in [6, 6.07) is 0. The van der Waals surface area contributed by atoms with Gasteiger partial charge in [0.05, 0.1) is 0 Å². The Morgan fingerprint density at radius 1 is 0.438 bits per heavy atom. The molecule has 0 heterocycles. The average Bonchev–Trinajstić information content (AvgIpc) is 2.93. The summed E-state index contributed by atoms with van der Waals surface area (Å²) in [4.78, 5) is 20.8. The van der Waals surface area contributed by atoms with Crippen molar-refractivity contribution in [2.45, 2.75) is 72.1 Å². The van der Waals surface area contributed by atoms with Crippen molar-refractivity contribution >= 4 is 11.9 Å². The SMILES string of the molecule is C=CC(=O)OCC(F)(F)C(F)(F)C(F)(F)C(F)(F)C(F)(F)C(F)F.C=CC(=O)OCC(F)(F)C(F)(F)C(F)(F)C(F)(F)C(F)(F)C(F)F. The molecule has 0 aromatic carbocycles. The standard InChI is InChI=1S/2C10H6F12O2/c2*1-2-4(23)24-3-6(13,14)8(17,18)10(21,22)9(19,20)7(15,16)5(11)12/h2*2,5H,1,3H2. The molecule has 0 unspecified atom stereocenters. The molecule has 28 heteroatoms. The van der Waals surface area contributed by atoms with Crippen LogP contribution in [-0.2, 0) is 19.1 Å². The van der Waals surface area contributed by atoms with Crippen LogP contribution < -0.4 is 0 Å². The number of rotatable bonds is 16. The highest BCUT2D eigenvalue weighted by atomic mass is 19.4. The molecule has 0 saturated carbocycles. The minimum atomic E-state index is -7.63. The lowest BCUT2D eigenvalue weighted by molar-refractivity contribution is -0.414. The minimum absolute atomic E-state index is 0.103. The number of alkyl halides is 24. The first kappa shape index (κ1) is 46.9. The molecule has 0 spiro atoms. The molecule has 48 heavy (non-hydrogen) atoms. The largest absolute Gasteiger partial charge is 0.456 e. The molecule has 0 atom stereocenters. The Balaban J connectivity index is 0. The van der Waals surface area contributed by atoms with Gasteiger partial charge in [-0.15, -0.1) is 0 Å². The van der Waals surface area contributed by atoms with Gasteiger partial charge < -0.3 is 9.47 Å². The normalized spacial score (nSPS) is 14.7. The maximum absolute atomic E-state index is 13.0. The van der Waals surface area contributed by atoms with Crippen molar-refractivity contribution in [2.75, 3.05) is 13.2 Å². The van der Waals surface area contributed by atoms with Crippen LogP contribution in [0.4, 0.5) is 105 Å². The molecule has 0 fully saturated rings. The van der Waals surface area contributed by atoms with Crippen LogP contribution in [0.3, 0.4) is 0 Å². The summed E-state index contributed by atoms with van der Waals surface area (Å²) in [6.07, 6.45) is -10.9. The monoisotopic (exact) mass is 772 g/mol. The predicted molar refractivity (Wildman–Crippen MR) is 104 cm³/mol. The zero-order chi connectivity index (χ0) is 39.6. The fourth-order valence-electron chi connectivity index (χ4n) is 2.17. The lowest BCUT2D eigenvalue weighted by Crippen LogP contribution is -2.69. The summed E-state index contributed by atoms with van der Waals surface area (Å²) in [6.45, 7) is -0.656. The van der Waals surface area contributed by atoms with Gasteiger partial charge in [0.1, 0.15) is 0 Å². The highest BCUT2D eigenvalue weighted by molar-refractivity contribution is 5.81. The Morgan fingerprint density at radius 3 is 0.812 bits per heavy atom. The second kappa shape index (κ2) is 14.3. The second-order valence-electron chi connectivity index (χ2n) is 8.33. The van der Waals surface area contributed by atoms with Crippen LogP contribution in [0.15, 0.2) is 25.3 Å². The van der Waals surface area contributed by atoms with Crippen molar-refractivity contribution in [3.05, 3.63) is 25.3 Å². The predicted octanol–water partition coefficient (Wildman–Crippen LogP) is 8.31. The molecule has 0 aliphatic carbocycles. The zero-order valence-corrected chi connectivity index (χ0v) is 21.8. The first-order valence-corrected chi connectivity index (χ1v) is 10.7. The Hall–Kier alpha value is -3.26. The van der Waals surface area contributed by atoms with Crippen molar-refractivity contribution < 1.29 is 124 Å². The number of hydrogen-bond donors (Lipinski definition) is 0. The summed E-state index contributed by atoms with van der Waals surface area (Å²) in [5.74, 6) is -75.4. The maximum Gasteiger partial charge on any atom is 0.384 e. The van der Waals surface area contributed by atoms with Crippen molar-refractivity contribution in [3.63, 3.8) is 0 Å². The van der Waals surface area contributed by atoms with Crippen molar-refractivity contribution in [3.8, 4) is 0 Å². The molecule has 0 aromatic heterocycles. The van der Waals surface area contributed by atoms with Gasteiger partial charge in [0.15, 0.2) is 13.2 Å². The van der Waals surface area contributed by atoms with Gasteiger partial charge in [0.2, 0.25) is 0 Å². The molecule has 0 saturated heterocycles. The third-order valence-electron chi connectivity index (χ3n) is 5.01. The summed E-state index contributed by atoms with van der Waals surface area (Å²) in [5.41, 5.74) is 0. The third-order valence-corrected chi connectivity index (χ3v) is 5.01. The van der Waals surface area contributed by atoms with Gasteiger partial charge in [-0.05, 0) is 0 Å². The molecule has 0 aromatic rings. The zero-order valence-electron chi connectivity index (χ0n) is 21.8. The number of carbonyl (C=O) groups excluding carboxylic acids is 2. The van der Waals surface area contributed by atoms with Crippen LogP contribution in [-0.4, -0.2) is 97.2 Å². The molecule has 0 bridgehead atoms. The average molecular weight is 772 g/mol. The number of ether oxygens (including phenoxy) is 2. The molecule has 0 aliphatic heterocycles. The summed E-state index contributed by atoms with van der Waals surface area (Å²) < 4.78 is 311. The van der Waals surface area contributed by atoms with Gasteiger partial charge in [-0.3, -0.25) is 0 Å². The smallest absolute Gasteiger partial charge is 0.384 e. The van der Waals surface area contributed by atoms with E-state index in [0.717, 1.165) is 0 Å². The Morgan fingerprint density at radius 2 is 0.646 bits per heavy atom. The lowest BCUT2D eigenvalue weighted by atomic mass is 9.94. The highest BCUT2D eigenvalue weighted by Gasteiger charge is 2.89. The van der Waals surface area contributed by atoms with E-state index in [1.54, 1.807) is 0 Å². The van der Waals surface area contributed by atoms with E-state index in [0.29, 0.717) is 0 Å². The highest BCUT2D eigenvalue weighted by Crippen LogP contribution is 2.59. The number of hydrogen-bond acceptors (Lipinski definition) is 4. The minimum Gasteiger partial charge on any atom is -0.456 e. The molecule has 0 radical (unpaired) electrons. The Kier molecular flexibility index (Phi) is 14.0. The van der Waals surface area contributed by atoms with Crippen LogP contribution in [0.1, 0.15) is 0 Å². The van der Waals surface area contributed by atoms with Crippen molar-refractivity contribution in [1.82, 2.24) is 0 Å². The van der Waals surface area contributed by atoms with E-state index in [-0.39, 0.29) is 12.2 Å². The van der Waals surface area contributed by atoms with E-state index < -0.39 is 97.2 Å². The van der Waals surface area contributed by atoms with Crippen LogP contribution in [0.2, 0.25) is 0 Å². The first-order valence-electron chi connectivity index (χ1n) is 10.7. The van der Waals surface area contributed by atoms with Gasteiger partial charge in [0, 0.05) is 12.2 Å². The summed E-state index contributed by atoms with van der Waals surface area (Å²) >= 11 is 0.